The van der Waals surface area contributed by atoms with Crippen molar-refractivity contribution in [3.63, 3.8) is 0 Å². The van der Waals surface area contributed by atoms with Crippen molar-refractivity contribution in [2.75, 3.05) is 6.54 Å². The fourth-order valence-electron chi connectivity index (χ4n) is 2.68. The van der Waals surface area contributed by atoms with Gasteiger partial charge in [0.15, 0.2) is 0 Å². The molecule has 1 fully saturated rings. The summed E-state index contributed by atoms with van der Waals surface area (Å²) >= 11 is 0. The number of nitrogens with one attached hydrogen (secondary N) is 1. The number of amides is 2. The lowest BCUT2D eigenvalue weighted by atomic mass is 10.0. The highest BCUT2D eigenvalue weighted by Crippen LogP contribution is 2.21. The second-order valence-electron chi connectivity index (χ2n) is 5.33. The molecule has 20 heavy (non-hydrogen) atoms. The average molecular weight is 274 g/mol. The number of carbonyl (C=O) groups is 2. The first-order valence-electron chi connectivity index (χ1n) is 7.28. The summed E-state index contributed by atoms with van der Waals surface area (Å²) in [5.41, 5.74) is 0.849. The molecular weight excluding hydrogens is 252 g/mol. The summed E-state index contributed by atoms with van der Waals surface area (Å²) < 4.78 is 0. The first-order valence-corrected chi connectivity index (χ1v) is 7.28. The molecule has 1 aliphatic rings. The maximum absolute atomic E-state index is 12.7. The lowest BCUT2D eigenvalue weighted by Crippen LogP contribution is -2.43. The second-order valence-corrected chi connectivity index (χ2v) is 5.33. The lowest BCUT2D eigenvalue weighted by molar-refractivity contribution is -0.135. The Labute approximate surface area is 120 Å². The standard InChI is InChI=1S/C16H22N2O2/c1-3-7-12(2)18-11-10-14(19)17-15(16(18)20)13-8-5-4-6-9-13/h4-6,8-9,12,15H,3,7,10-11H2,1-2H3,(H,17,19). The van der Waals surface area contributed by atoms with E-state index in [1.54, 1.807) is 0 Å². The summed E-state index contributed by atoms with van der Waals surface area (Å²) in [6, 6.07) is 9.08. The summed E-state index contributed by atoms with van der Waals surface area (Å²) in [5.74, 6) is -0.0543. The number of benzene rings is 1. The molecule has 4 nitrogen and oxygen atoms in total. The Balaban J connectivity index is 2.26. The molecule has 1 aliphatic heterocycles. The summed E-state index contributed by atoms with van der Waals surface area (Å²) in [6.07, 6.45) is 2.37. The molecule has 0 aromatic heterocycles. The Hall–Kier alpha value is -1.84. The van der Waals surface area contributed by atoms with Crippen LogP contribution in [-0.2, 0) is 9.59 Å². The van der Waals surface area contributed by atoms with Crippen molar-refractivity contribution >= 4 is 11.8 Å². The van der Waals surface area contributed by atoms with Crippen LogP contribution in [0.15, 0.2) is 30.3 Å². The van der Waals surface area contributed by atoms with Gasteiger partial charge in [0.05, 0.1) is 0 Å². The fourth-order valence-corrected chi connectivity index (χ4v) is 2.68. The molecule has 1 heterocycles. The molecule has 2 atom stereocenters. The molecule has 1 aromatic rings. The highest BCUT2D eigenvalue weighted by molar-refractivity contribution is 5.91. The van der Waals surface area contributed by atoms with E-state index in [4.69, 9.17) is 0 Å². The van der Waals surface area contributed by atoms with E-state index in [1.165, 1.54) is 0 Å². The van der Waals surface area contributed by atoms with Gasteiger partial charge in [-0.05, 0) is 18.9 Å². The van der Waals surface area contributed by atoms with Crippen LogP contribution in [0.1, 0.15) is 44.7 Å². The molecule has 4 heteroatoms. The molecule has 1 aromatic carbocycles. The Morgan fingerprint density at radius 2 is 2.00 bits per heavy atom. The van der Waals surface area contributed by atoms with Crippen LogP contribution in [0.3, 0.4) is 0 Å². The van der Waals surface area contributed by atoms with Gasteiger partial charge in [-0.3, -0.25) is 9.59 Å². The van der Waals surface area contributed by atoms with Gasteiger partial charge in [-0.2, -0.15) is 0 Å². The zero-order chi connectivity index (χ0) is 14.5. The molecule has 108 valence electrons. The normalized spacial score (nSPS) is 21.3. The highest BCUT2D eigenvalue weighted by atomic mass is 16.2. The third-order valence-electron chi connectivity index (χ3n) is 3.79. The van der Waals surface area contributed by atoms with E-state index in [2.05, 4.69) is 19.2 Å². The van der Waals surface area contributed by atoms with Gasteiger partial charge >= 0.3 is 0 Å². The maximum Gasteiger partial charge on any atom is 0.250 e. The van der Waals surface area contributed by atoms with E-state index in [0.29, 0.717) is 13.0 Å². The Bertz CT molecular complexity index is 473. The van der Waals surface area contributed by atoms with Crippen LogP contribution < -0.4 is 5.32 Å². The van der Waals surface area contributed by atoms with Crippen LogP contribution in [0.4, 0.5) is 0 Å². The lowest BCUT2D eigenvalue weighted by Gasteiger charge is -2.30. The van der Waals surface area contributed by atoms with Gasteiger partial charge in [-0.1, -0.05) is 43.7 Å². The summed E-state index contributed by atoms with van der Waals surface area (Å²) in [7, 11) is 0. The first kappa shape index (κ1) is 14.6. The third-order valence-corrected chi connectivity index (χ3v) is 3.79. The number of hydrogen-bond donors (Lipinski definition) is 1. The smallest absolute Gasteiger partial charge is 0.250 e. The molecule has 0 aliphatic carbocycles. The number of nitrogens with zero attached hydrogens (tertiary/aromatic N) is 1. The third kappa shape index (κ3) is 3.18. The van der Waals surface area contributed by atoms with Gasteiger partial charge < -0.3 is 10.2 Å². The molecular formula is C16H22N2O2. The van der Waals surface area contributed by atoms with Gasteiger partial charge in [-0.15, -0.1) is 0 Å². The van der Waals surface area contributed by atoms with Crippen LogP contribution in [0.5, 0.6) is 0 Å². The van der Waals surface area contributed by atoms with Crippen molar-refractivity contribution in [1.29, 1.82) is 0 Å². The second kappa shape index (κ2) is 6.55. The average Bonchev–Trinajstić information content (AvgIpc) is 2.60. The van der Waals surface area contributed by atoms with Crippen LogP contribution >= 0.6 is 0 Å². The molecule has 0 radical (unpaired) electrons. The van der Waals surface area contributed by atoms with Gasteiger partial charge in [-0.25, -0.2) is 0 Å². The van der Waals surface area contributed by atoms with E-state index in [1.807, 2.05) is 35.2 Å². The van der Waals surface area contributed by atoms with Crippen LogP contribution in [0.25, 0.3) is 0 Å². The van der Waals surface area contributed by atoms with E-state index in [9.17, 15) is 9.59 Å². The zero-order valence-electron chi connectivity index (χ0n) is 12.1. The number of carbonyl (C=O) groups excluding carboxylic acids is 2. The van der Waals surface area contributed by atoms with Gasteiger partial charge in [0.1, 0.15) is 6.04 Å². The number of hydrogen-bond acceptors (Lipinski definition) is 2. The predicted octanol–water partition coefficient (Wildman–Crippen LogP) is 2.26. The topological polar surface area (TPSA) is 49.4 Å². The monoisotopic (exact) mass is 274 g/mol. The summed E-state index contributed by atoms with van der Waals surface area (Å²) in [5, 5.41) is 2.84. The number of rotatable bonds is 4. The molecule has 1 saturated heterocycles. The van der Waals surface area contributed by atoms with Crippen LogP contribution in [0, 0.1) is 0 Å². The van der Waals surface area contributed by atoms with Crippen molar-refractivity contribution in [2.45, 2.75) is 45.2 Å². The van der Waals surface area contributed by atoms with E-state index in [-0.39, 0.29) is 17.9 Å². The Morgan fingerprint density at radius 1 is 1.30 bits per heavy atom. The molecule has 2 rings (SSSR count). The van der Waals surface area contributed by atoms with Crippen molar-refractivity contribution in [2.24, 2.45) is 0 Å². The van der Waals surface area contributed by atoms with Crippen molar-refractivity contribution in [3.8, 4) is 0 Å². The quantitative estimate of drug-likeness (QED) is 0.915. The first-order chi connectivity index (χ1) is 9.63. The predicted molar refractivity (Wildman–Crippen MR) is 78.0 cm³/mol. The largest absolute Gasteiger partial charge is 0.340 e. The van der Waals surface area contributed by atoms with E-state index in [0.717, 1.165) is 18.4 Å². The minimum Gasteiger partial charge on any atom is -0.340 e. The summed E-state index contributed by atoms with van der Waals surface area (Å²) in [4.78, 5) is 26.4. The summed E-state index contributed by atoms with van der Waals surface area (Å²) in [6.45, 7) is 4.67. The van der Waals surface area contributed by atoms with Crippen LogP contribution in [-0.4, -0.2) is 29.3 Å². The fraction of sp³-hybridized carbons (Fsp3) is 0.500. The molecule has 0 saturated carbocycles. The van der Waals surface area contributed by atoms with Crippen LogP contribution in [0.2, 0.25) is 0 Å². The van der Waals surface area contributed by atoms with Gasteiger partial charge in [0, 0.05) is 19.0 Å². The van der Waals surface area contributed by atoms with E-state index >= 15 is 0 Å². The minimum atomic E-state index is -0.550. The van der Waals surface area contributed by atoms with Crippen molar-refractivity contribution in [3.05, 3.63) is 35.9 Å². The molecule has 0 bridgehead atoms. The molecule has 1 N–H and O–H groups in total. The van der Waals surface area contributed by atoms with E-state index < -0.39 is 6.04 Å². The maximum atomic E-state index is 12.7. The minimum absolute atomic E-state index is 0.00278. The van der Waals surface area contributed by atoms with Gasteiger partial charge in [0.25, 0.3) is 0 Å². The Kier molecular flexibility index (Phi) is 4.77. The molecule has 2 unspecified atom stereocenters. The Morgan fingerprint density at radius 3 is 2.65 bits per heavy atom. The zero-order valence-corrected chi connectivity index (χ0v) is 12.1. The molecule has 0 spiro atoms. The van der Waals surface area contributed by atoms with Gasteiger partial charge in [0.2, 0.25) is 11.8 Å². The molecule has 2 amide bonds. The SMILES string of the molecule is CCCC(C)N1CCC(=O)NC(c2ccccc2)C1=O. The van der Waals surface area contributed by atoms with Crippen molar-refractivity contribution < 1.29 is 9.59 Å². The van der Waals surface area contributed by atoms with Crippen molar-refractivity contribution in [1.82, 2.24) is 10.2 Å². The highest BCUT2D eigenvalue weighted by Gasteiger charge is 2.32.